The summed E-state index contributed by atoms with van der Waals surface area (Å²) in [5, 5.41) is 4.58. The average molecular weight is 460 g/mol. The number of hydrogen-bond donors (Lipinski definition) is 3. The maximum absolute atomic E-state index is 12.1. The van der Waals surface area contributed by atoms with Crippen LogP contribution in [0, 0.1) is 19.8 Å². The summed E-state index contributed by atoms with van der Waals surface area (Å²) in [7, 11) is 0. The molecule has 7 nitrogen and oxygen atoms in total. The summed E-state index contributed by atoms with van der Waals surface area (Å²) in [6.07, 6.45) is 2.24. The van der Waals surface area contributed by atoms with E-state index in [1.807, 2.05) is 18.7 Å². The summed E-state index contributed by atoms with van der Waals surface area (Å²) in [5.41, 5.74) is 13.8. The topological polar surface area (TPSA) is 96.3 Å². The zero-order valence-corrected chi connectivity index (χ0v) is 20.3. The van der Waals surface area contributed by atoms with Crippen LogP contribution in [0.15, 0.2) is 42.3 Å². The number of benzene rings is 1. The third kappa shape index (κ3) is 4.05. The van der Waals surface area contributed by atoms with Crippen LogP contribution in [0.1, 0.15) is 54.9 Å². The van der Waals surface area contributed by atoms with E-state index in [2.05, 4.69) is 59.5 Å². The van der Waals surface area contributed by atoms with E-state index < -0.39 is 5.91 Å². The molecule has 34 heavy (non-hydrogen) atoms. The quantitative estimate of drug-likeness (QED) is 0.512. The van der Waals surface area contributed by atoms with Crippen LogP contribution in [-0.2, 0) is 9.53 Å². The van der Waals surface area contributed by atoms with Crippen molar-refractivity contribution in [2.24, 2.45) is 11.7 Å². The molecule has 2 aromatic heterocycles. The number of aromatic nitrogens is 2. The number of fused-ring (bicyclic) bond motifs is 1. The van der Waals surface area contributed by atoms with Crippen LogP contribution in [0.3, 0.4) is 0 Å². The number of aromatic amines is 1. The molecule has 1 aromatic carbocycles. The number of carbonyl (C=O) groups excluding carboxylic acids is 1. The molecule has 0 saturated carbocycles. The minimum absolute atomic E-state index is 0.317. The summed E-state index contributed by atoms with van der Waals surface area (Å²) in [6, 6.07) is 10.7. The Hall–Kier alpha value is -3.32. The van der Waals surface area contributed by atoms with Crippen LogP contribution in [0.25, 0.3) is 22.2 Å². The first-order chi connectivity index (χ1) is 16.3. The molecule has 2 atom stereocenters. The van der Waals surface area contributed by atoms with E-state index in [0.717, 1.165) is 59.8 Å². The molecule has 3 aromatic rings. The molecular weight excluding hydrogens is 426 g/mol. The van der Waals surface area contributed by atoms with E-state index in [1.54, 1.807) is 0 Å². The molecule has 1 amide bonds. The highest BCUT2D eigenvalue weighted by atomic mass is 16.5. The predicted octanol–water partition coefficient (Wildman–Crippen LogP) is 4.24. The Labute approximate surface area is 200 Å². The van der Waals surface area contributed by atoms with E-state index in [0.29, 0.717) is 17.5 Å². The maximum atomic E-state index is 12.1. The molecule has 1 fully saturated rings. The summed E-state index contributed by atoms with van der Waals surface area (Å²) < 4.78 is 6.03. The number of ether oxygens (including phenoxy) is 1. The lowest BCUT2D eigenvalue weighted by molar-refractivity contribution is -0.116. The van der Waals surface area contributed by atoms with Gasteiger partial charge in [-0.3, -0.25) is 9.78 Å². The Morgan fingerprint density at radius 3 is 2.65 bits per heavy atom. The fraction of sp³-hybridized carbons (Fsp3) is 0.407. The largest absolute Gasteiger partial charge is 0.471 e. The van der Waals surface area contributed by atoms with Gasteiger partial charge < -0.3 is 25.7 Å². The number of nitrogens with two attached hydrogens (primary N) is 1. The second-order valence-electron chi connectivity index (χ2n) is 9.88. The van der Waals surface area contributed by atoms with Crippen molar-refractivity contribution in [3.63, 3.8) is 0 Å². The van der Waals surface area contributed by atoms with E-state index in [4.69, 9.17) is 10.5 Å². The Morgan fingerprint density at radius 2 is 2.00 bits per heavy atom. The van der Waals surface area contributed by atoms with Gasteiger partial charge in [0, 0.05) is 40.0 Å². The van der Waals surface area contributed by atoms with E-state index >= 15 is 0 Å². The highest BCUT2D eigenvalue weighted by molar-refractivity contribution is 5.93. The molecule has 4 N–H and O–H groups in total. The van der Waals surface area contributed by atoms with E-state index in [9.17, 15) is 4.79 Å². The monoisotopic (exact) mass is 459 g/mol. The zero-order valence-electron chi connectivity index (χ0n) is 20.3. The second-order valence-corrected chi connectivity index (χ2v) is 9.88. The minimum Gasteiger partial charge on any atom is -0.471 e. The van der Waals surface area contributed by atoms with Gasteiger partial charge in [0.05, 0.1) is 5.69 Å². The predicted molar refractivity (Wildman–Crippen MR) is 134 cm³/mol. The second kappa shape index (κ2) is 8.80. The highest BCUT2D eigenvalue weighted by Crippen LogP contribution is 2.39. The normalized spacial score (nSPS) is 20.3. The molecule has 4 heterocycles. The van der Waals surface area contributed by atoms with Crippen molar-refractivity contribution < 1.29 is 9.53 Å². The van der Waals surface area contributed by atoms with Crippen molar-refractivity contribution in [1.29, 1.82) is 0 Å². The van der Waals surface area contributed by atoms with Crippen LogP contribution in [0.4, 0.5) is 0 Å². The van der Waals surface area contributed by atoms with Crippen molar-refractivity contribution in [2.75, 3.05) is 19.6 Å². The highest BCUT2D eigenvalue weighted by Gasteiger charge is 2.34. The lowest BCUT2D eigenvalue weighted by Crippen LogP contribution is -2.35. The zero-order chi connectivity index (χ0) is 24.0. The fourth-order valence-corrected chi connectivity index (χ4v) is 5.39. The molecule has 1 saturated heterocycles. The van der Waals surface area contributed by atoms with Gasteiger partial charge in [0.25, 0.3) is 5.91 Å². The SMILES string of the molecule is Cc1cc(-c2[nH]c3ccc(C4OC=C(C(N)=O)N4CC4CCNC4)cc3c2C(C)C)cc(C)n1. The lowest BCUT2D eigenvalue weighted by atomic mass is 9.95. The number of amides is 1. The summed E-state index contributed by atoms with van der Waals surface area (Å²) in [6.45, 7) is 11.2. The molecule has 0 aliphatic carbocycles. The van der Waals surface area contributed by atoms with Gasteiger partial charge >= 0.3 is 0 Å². The Morgan fingerprint density at radius 1 is 1.24 bits per heavy atom. The first kappa shape index (κ1) is 22.5. The summed E-state index contributed by atoms with van der Waals surface area (Å²) in [5.74, 6) is 0.320. The number of nitrogens with zero attached hydrogens (tertiary/aromatic N) is 2. The summed E-state index contributed by atoms with van der Waals surface area (Å²) >= 11 is 0. The van der Waals surface area contributed by atoms with Crippen LogP contribution >= 0.6 is 0 Å². The summed E-state index contributed by atoms with van der Waals surface area (Å²) in [4.78, 5) is 22.4. The number of primary amides is 1. The van der Waals surface area contributed by atoms with Gasteiger partial charge in [0.15, 0.2) is 6.23 Å². The molecule has 0 bridgehead atoms. The van der Waals surface area contributed by atoms with Crippen LogP contribution in [0.5, 0.6) is 0 Å². The number of carbonyl (C=O) groups is 1. The molecule has 7 heteroatoms. The molecule has 0 spiro atoms. The number of rotatable bonds is 6. The number of nitrogens with one attached hydrogen (secondary N) is 2. The van der Waals surface area contributed by atoms with Gasteiger partial charge in [-0.1, -0.05) is 19.9 Å². The molecule has 2 aliphatic heterocycles. The molecule has 2 aliphatic rings. The Balaban J connectivity index is 1.57. The van der Waals surface area contributed by atoms with E-state index in [1.165, 1.54) is 17.2 Å². The number of pyridine rings is 1. The fourth-order valence-electron chi connectivity index (χ4n) is 5.39. The molecule has 0 radical (unpaired) electrons. The van der Waals surface area contributed by atoms with Gasteiger partial charge in [0.1, 0.15) is 12.0 Å². The van der Waals surface area contributed by atoms with Crippen LogP contribution in [0.2, 0.25) is 0 Å². The molecule has 5 rings (SSSR count). The standard InChI is InChI=1S/C27H33N5O2/c1-15(2)24-21-11-19(5-6-22(21)31-25(24)20-9-16(3)30-17(4)10-20)27-32(13-18-7-8-29-12-18)23(14-34-27)26(28)33/h5-6,9-11,14-15,18,27,29,31H,7-8,12-13H2,1-4H3,(H2,28,33). The maximum Gasteiger partial charge on any atom is 0.268 e. The van der Waals surface area contributed by atoms with Crippen molar-refractivity contribution in [3.05, 3.63) is 64.8 Å². The van der Waals surface area contributed by atoms with E-state index in [-0.39, 0.29) is 6.23 Å². The van der Waals surface area contributed by atoms with Crippen molar-refractivity contribution in [3.8, 4) is 11.3 Å². The van der Waals surface area contributed by atoms with Gasteiger partial charge in [-0.2, -0.15) is 0 Å². The van der Waals surface area contributed by atoms with Crippen LogP contribution in [-0.4, -0.2) is 40.4 Å². The number of hydrogen-bond acceptors (Lipinski definition) is 5. The Bertz CT molecular complexity index is 1250. The van der Waals surface area contributed by atoms with Crippen LogP contribution < -0.4 is 11.1 Å². The number of aryl methyl sites for hydroxylation is 2. The Kier molecular flexibility index (Phi) is 5.81. The third-order valence-electron chi connectivity index (χ3n) is 6.87. The van der Waals surface area contributed by atoms with Crippen molar-refractivity contribution in [2.45, 2.75) is 46.3 Å². The smallest absolute Gasteiger partial charge is 0.268 e. The van der Waals surface area contributed by atoms with Gasteiger partial charge in [-0.25, -0.2) is 0 Å². The third-order valence-corrected chi connectivity index (χ3v) is 6.87. The first-order valence-electron chi connectivity index (χ1n) is 12.1. The molecular formula is C27H33N5O2. The first-order valence-corrected chi connectivity index (χ1v) is 12.1. The van der Waals surface area contributed by atoms with Gasteiger partial charge in [-0.05, 0) is 75.0 Å². The van der Waals surface area contributed by atoms with Gasteiger partial charge in [-0.15, -0.1) is 0 Å². The van der Waals surface area contributed by atoms with Gasteiger partial charge in [0.2, 0.25) is 0 Å². The average Bonchev–Trinajstić information content (AvgIpc) is 3.51. The molecule has 178 valence electrons. The van der Waals surface area contributed by atoms with Crippen molar-refractivity contribution >= 4 is 16.8 Å². The molecule has 2 unspecified atom stereocenters. The van der Waals surface area contributed by atoms with Crippen molar-refractivity contribution in [1.82, 2.24) is 20.2 Å². The number of H-pyrrole nitrogens is 1. The minimum atomic E-state index is -0.454. The lowest BCUT2D eigenvalue weighted by Gasteiger charge is -2.29.